The van der Waals surface area contributed by atoms with E-state index in [0.29, 0.717) is 25.1 Å². The molecule has 1 atom stereocenters. The van der Waals surface area contributed by atoms with Crippen molar-refractivity contribution in [3.8, 4) is 5.75 Å². The van der Waals surface area contributed by atoms with Gasteiger partial charge in [0.25, 0.3) is 0 Å². The second kappa shape index (κ2) is 9.36. The number of methoxy groups -OCH3 is 1. The summed E-state index contributed by atoms with van der Waals surface area (Å²) in [6, 6.07) is 7.59. The number of likely N-dealkylation sites (tertiary alicyclic amines) is 1. The van der Waals surface area contributed by atoms with Crippen molar-refractivity contribution in [3.05, 3.63) is 58.9 Å². The van der Waals surface area contributed by atoms with E-state index in [2.05, 4.69) is 10.3 Å². The topological polar surface area (TPSA) is 71.5 Å². The number of carbonyl (C=O) groups excluding carboxylic acids is 2. The summed E-state index contributed by atoms with van der Waals surface area (Å²) >= 11 is 0. The lowest BCUT2D eigenvalue weighted by atomic mass is 10.0. The number of nitrogens with zero attached hydrogens (tertiary/aromatic N) is 2. The molecule has 1 aliphatic heterocycles. The molecular weight excluding hydrogens is 411 g/mol. The fraction of sp³-hybridized carbons (Fsp3) is 0.409. The van der Waals surface area contributed by atoms with Crippen molar-refractivity contribution < 1.29 is 27.5 Å². The minimum Gasteiger partial charge on any atom is -0.497 e. The van der Waals surface area contributed by atoms with E-state index in [0.717, 1.165) is 17.8 Å². The Hall–Kier alpha value is -3.10. The van der Waals surface area contributed by atoms with E-state index in [1.807, 2.05) is 0 Å². The zero-order valence-electron chi connectivity index (χ0n) is 17.3. The Morgan fingerprint density at radius 3 is 2.58 bits per heavy atom. The maximum absolute atomic E-state index is 13.6. The molecule has 2 amide bonds. The minimum atomic E-state index is -4.60. The number of aromatic nitrogens is 1. The molecule has 0 aliphatic carbocycles. The standard InChI is InChI=1S/C22H24F3N3O3/c1-14(29)26-12-16-13-27-19(11-18(16)22(23,24)25)20-4-3-9-28(20)21(30)10-15-5-7-17(31-2)8-6-15/h5-8,11,13,20H,3-4,9-10,12H2,1-2H3,(H,26,29)/t20-/m1/s1. The lowest BCUT2D eigenvalue weighted by Crippen LogP contribution is -2.32. The first-order valence-electron chi connectivity index (χ1n) is 9.92. The predicted molar refractivity (Wildman–Crippen MR) is 107 cm³/mol. The van der Waals surface area contributed by atoms with Gasteiger partial charge in [0.1, 0.15) is 5.75 Å². The van der Waals surface area contributed by atoms with Gasteiger partial charge in [-0.25, -0.2) is 0 Å². The fourth-order valence-electron chi connectivity index (χ4n) is 3.70. The van der Waals surface area contributed by atoms with Crippen molar-refractivity contribution in [1.29, 1.82) is 0 Å². The first kappa shape index (κ1) is 22.6. The molecule has 0 spiro atoms. The first-order valence-corrected chi connectivity index (χ1v) is 9.92. The van der Waals surface area contributed by atoms with Crippen molar-refractivity contribution in [3.63, 3.8) is 0 Å². The van der Waals surface area contributed by atoms with Gasteiger partial charge in [0.15, 0.2) is 0 Å². The number of hydrogen-bond acceptors (Lipinski definition) is 4. The molecule has 0 radical (unpaired) electrons. The van der Waals surface area contributed by atoms with Crippen LogP contribution in [0.5, 0.6) is 5.75 Å². The Bertz CT molecular complexity index is 945. The van der Waals surface area contributed by atoms with E-state index in [4.69, 9.17) is 4.74 Å². The van der Waals surface area contributed by atoms with Gasteiger partial charge in [-0.2, -0.15) is 13.2 Å². The SMILES string of the molecule is COc1ccc(CC(=O)N2CCC[C@@H]2c2cc(C(F)(F)F)c(CNC(C)=O)cn2)cc1. The third-order valence-corrected chi connectivity index (χ3v) is 5.27. The van der Waals surface area contributed by atoms with Crippen LogP contribution in [0.4, 0.5) is 13.2 Å². The zero-order chi connectivity index (χ0) is 22.6. The van der Waals surface area contributed by atoms with Crippen LogP contribution < -0.4 is 10.1 Å². The van der Waals surface area contributed by atoms with E-state index < -0.39 is 23.7 Å². The number of carbonyl (C=O) groups is 2. The smallest absolute Gasteiger partial charge is 0.416 e. The van der Waals surface area contributed by atoms with Crippen LogP contribution in [-0.4, -0.2) is 35.4 Å². The molecule has 9 heteroatoms. The molecule has 1 aromatic carbocycles. The molecule has 2 aromatic rings. The third kappa shape index (κ3) is 5.53. The van der Waals surface area contributed by atoms with Gasteiger partial charge in [-0.05, 0) is 36.6 Å². The quantitative estimate of drug-likeness (QED) is 0.752. The van der Waals surface area contributed by atoms with Gasteiger partial charge in [0, 0.05) is 31.8 Å². The molecular formula is C22H24F3N3O3. The van der Waals surface area contributed by atoms with Crippen molar-refractivity contribution in [2.24, 2.45) is 0 Å². The maximum atomic E-state index is 13.6. The van der Waals surface area contributed by atoms with Crippen LogP contribution in [-0.2, 0) is 28.7 Å². The molecule has 31 heavy (non-hydrogen) atoms. The number of benzene rings is 1. The molecule has 0 bridgehead atoms. The third-order valence-electron chi connectivity index (χ3n) is 5.27. The molecule has 2 heterocycles. The van der Waals surface area contributed by atoms with Crippen LogP contribution in [0.25, 0.3) is 0 Å². The molecule has 6 nitrogen and oxygen atoms in total. The Balaban J connectivity index is 1.81. The average Bonchev–Trinajstić information content (AvgIpc) is 3.22. The Kier molecular flexibility index (Phi) is 6.82. The van der Waals surface area contributed by atoms with Crippen LogP contribution in [0.15, 0.2) is 36.5 Å². The summed E-state index contributed by atoms with van der Waals surface area (Å²) in [6.07, 6.45) is -2.08. The molecule has 1 aromatic heterocycles. The van der Waals surface area contributed by atoms with E-state index in [9.17, 15) is 22.8 Å². The number of halogens is 3. The Morgan fingerprint density at radius 2 is 1.97 bits per heavy atom. The van der Waals surface area contributed by atoms with Gasteiger partial charge in [-0.15, -0.1) is 0 Å². The summed E-state index contributed by atoms with van der Waals surface area (Å²) in [5.41, 5.74) is 0.0479. The summed E-state index contributed by atoms with van der Waals surface area (Å²) in [4.78, 5) is 29.8. The van der Waals surface area contributed by atoms with Crippen LogP contribution in [0.2, 0.25) is 0 Å². The highest BCUT2D eigenvalue weighted by atomic mass is 19.4. The van der Waals surface area contributed by atoms with Gasteiger partial charge < -0.3 is 15.0 Å². The van der Waals surface area contributed by atoms with E-state index in [-0.39, 0.29) is 30.1 Å². The molecule has 1 saturated heterocycles. The van der Waals surface area contributed by atoms with Gasteiger partial charge in [-0.1, -0.05) is 12.1 Å². The van der Waals surface area contributed by atoms with Gasteiger partial charge in [-0.3, -0.25) is 14.6 Å². The number of hydrogen-bond donors (Lipinski definition) is 1. The summed E-state index contributed by atoms with van der Waals surface area (Å²) in [7, 11) is 1.55. The van der Waals surface area contributed by atoms with Gasteiger partial charge in [0.2, 0.25) is 11.8 Å². The van der Waals surface area contributed by atoms with Crippen molar-refractivity contribution in [2.75, 3.05) is 13.7 Å². The van der Waals surface area contributed by atoms with Gasteiger partial charge in [0.05, 0.1) is 30.8 Å². The normalized spacial score (nSPS) is 16.3. The highest BCUT2D eigenvalue weighted by molar-refractivity contribution is 5.79. The van der Waals surface area contributed by atoms with Gasteiger partial charge >= 0.3 is 6.18 Å². The number of rotatable bonds is 6. The highest BCUT2D eigenvalue weighted by Crippen LogP contribution is 2.37. The Labute approximate surface area is 178 Å². The average molecular weight is 435 g/mol. The predicted octanol–water partition coefficient (Wildman–Crippen LogP) is 3.65. The summed E-state index contributed by atoms with van der Waals surface area (Å²) in [5, 5.41) is 2.37. The molecule has 1 aliphatic rings. The van der Waals surface area contributed by atoms with E-state index >= 15 is 0 Å². The largest absolute Gasteiger partial charge is 0.497 e. The highest BCUT2D eigenvalue weighted by Gasteiger charge is 2.37. The van der Waals surface area contributed by atoms with Crippen LogP contribution in [0.3, 0.4) is 0 Å². The number of ether oxygens (including phenoxy) is 1. The zero-order valence-corrected chi connectivity index (χ0v) is 17.3. The number of amides is 2. The summed E-state index contributed by atoms with van der Waals surface area (Å²) < 4.78 is 45.9. The molecule has 166 valence electrons. The fourth-order valence-corrected chi connectivity index (χ4v) is 3.70. The second-order valence-electron chi connectivity index (χ2n) is 7.44. The van der Waals surface area contributed by atoms with E-state index in [1.165, 1.54) is 6.92 Å². The molecule has 0 saturated carbocycles. The number of nitrogens with one attached hydrogen (secondary N) is 1. The first-order chi connectivity index (χ1) is 14.7. The summed E-state index contributed by atoms with van der Waals surface area (Å²) in [6.45, 7) is 1.44. The monoisotopic (exact) mass is 435 g/mol. The summed E-state index contributed by atoms with van der Waals surface area (Å²) in [5.74, 6) is 0.0899. The molecule has 1 N–H and O–H groups in total. The van der Waals surface area contributed by atoms with Crippen molar-refractivity contribution >= 4 is 11.8 Å². The molecule has 1 fully saturated rings. The lowest BCUT2D eigenvalue weighted by molar-refractivity contribution is -0.138. The molecule has 0 unspecified atom stereocenters. The van der Waals surface area contributed by atoms with Crippen LogP contribution in [0.1, 0.15) is 48.2 Å². The lowest BCUT2D eigenvalue weighted by Gasteiger charge is -2.25. The Morgan fingerprint density at radius 1 is 1.26 bits per heavy atom. The second-order valence-corrected chi connectivity index (χ2v) is 7.44. The van der Waals surface area contributed by atoms with E-state index in [1.54, 1.807) is 36.3 Å². The van der Waals surface area contributed by atoms with Crippen LogP contribution in [0, 0.1) is 0 Å². The van der Waals surface area contributed by atoms with Crippen molar-refractivity contribution in [2.45, 2.75) is 44.9 Å². The van der Waals surface area contributed by atoms with Crippen LogP contribution >= 0.6 is 0 Å². The maximum Gasteiger partial charge on any atom is 0.416 e. The minimum absolute atomic E-state index is 0.111. The van der Waals surface area contributed by atoms with Crippen molar-refractivity contribution in [1.82, 2.24) is 15.2 Å². The number of alkyl halides is 3. The number of pyridine rings is 1. The molecule has 3 rings (SSSR count).